The molecule has 0 aliphatic carbocycles. The van der Waals surface area contributed by atoms with Crippen molar-refractivity contribution in [2.24, 2.45) is 0 Å². The minimum Gasteiger partial charge on any atom is -0.505 e. The van der Waals surface area contributed by atoms with Crippen LogP contribution >= 0.6 is 0 Å². The van der Waals surface area contributed by atoms with E-state index in [9.17, 15) is 19.5 Å². The molecular weight excluding hydrogens is 362 g/mol. The molecule has 0 fully saturated rings. The normalized spacial score (nSPS) is 12.0. The van der Waals surface area contributed by atoms with Crippen LogP contribution in [0.3, 0.4) is 0 Å². The maximum Gasteiger partial charge on any atom is 0.254 e. The molecule has 1 aromatic heterocycles. The molecule has 0 spiro atoms. The summed E-state index contributed by atoms with van der Waals surface area (Å²) in [6.07, 6.45) is 0.628. The second-order valence-electron chi connectivity index (χ2n) is 6.37. The van der Waals surface area contributed by atoms with Crippen molar-refractivity contribution in [2.45, 2.75) is 26.3 Å². The topological polar surface area (TPSA) is 121 Å². The van der Waals surface area contributed by atoms with Crippen molar-refractivity contribution < 1.29 is 14.3 Å². The van der Waals surface area contributed by atoms with Gasteiger partial charge in [0.05, 0.1) is 17.3 Å². The van der Waals surface area contributed by atoms with E-state index < -0.39 is 16.8 Å². The molecule has 0 aliphatic heterocycles. The molecule has 2 aromatic carbocycles. The lowest BCUT2D eigenvalue weighted by Crippen LogP contribution is -2.37. The highest BCUT2D eigenvalue weighted by atomic mass is 16.3. The summed E-state index contributed by atoms with van der Waals surface area (Å²) in [7, 11) is 1.45. The average Bonchev–Trinajstić information content (AvgIpc) is 3.13. The van der Waals surface area contributed by atoms with Gasteiger partial charge in [0, 0.05) is 7.05 Å². The lowest BCUT2D eigenvalue weighted by Gasteiger charge is -2.20. The second-order valence-corrected chi connectivity index (χ2v) is 6.37. The first-order valence-corrected chi connectivity index (χ1v) is 8.84. The van der Waals surface area contributed by atoms with E-state index in [1.807, 2.05) is 26.0 Å². The van der Waals surface area contributed by atoms with Gasteiger partial charge in [0.25, 0.3) is 16.8 Å². The molecule has 0 aliphatic rings. The molecule has 3 rings (SSSR count). The summed E-state index contributed by atoms with van der Waals surface area (Å²) in [5.41, 5.74) is -0.980. The van der Waals surface area contributed by atoms with Gasteiger partial charge in [-0.3, -0.25) is 14.4 Å². The zero-order chi connectivity index (χ0) is 20.4. The van der Waals surface area contributed by atoms with Gasteiger partial charge in [-0.05, 0) is 37.6 Å². The van der Waals surface area contributed by atoms with Crippen LogP contribution in [0.4, 0.5) is 17.1 Å². The molecule has 0 saturated heterocycles. The highest BCUT2D eigenvalue weighted by Crippen LogP contribution is 2.33. The molecule has 146 valence electrons. The molecule has 8 nitrogen and oxygen atoms in total. The smallest absolute Gasteiger partial charge is 0.254 e. The molecule has 0 saturated carbocycles. The fourth-order valence-corrected chi connectivity index (χ4v) is 2.93. The van der Waals surface area contributed by atoms with Crippen molar-refractivity contribution in [1.29, 1.82) is 0 Å². The number of carbonyl (C=O) groups is 1. The van der Waals surface area contributed by atoms with Gasteiger partial charge in [0.1, 0.15) is 22.9 Å². The van der Waals surface area contributed by atoms with E-state index in [-0.39, 0.29) is 34.4 Å². The van der Waals surface area contributed by atoms with Crippen LogP contribution in [0, 0.1) is 6.92 Å². The third-order valence-electron chi connectivity index (χ3n) is 4.51. The fraction of sp³-hybridized carbons (Fsp3) is 0.250. The Bertz CT molecular complexity index is 1090. The first-order valence-electron chi connectivity index (χ1n) is 8.84. The number of carbonyl (C=O) groups excluding carboxylic acids is 1. The number of anilines is 3. The first kappa shape index (κ1) is 19.2. The minimum atomic E-state index is -0.697. The fourth-order valence-electron chi connectivity index (χ4n) is 2.93. The van der Waals surface area contributed by atoms with Crippen LogP contribution in [0.1, 0.15) is 41.3 Å². The number of aromatic hydroxyl groups is 1. The lowest BCUT2D eigenvalue weighted by atomic mass is 10.1. The van der Waals surface area contributed by atoms with Crippen molar-refractivity contribution >= 4 is 23.0 Å². The van der Waals surface area contributed by atoms with Gasteiger partial charge in [-0.25, -0.2) is 0 Å². The van der Waals surface area contributed by atoms with E-state index in [0.717, 1.165) is 5.76 Å². The van der Waals surface area contributed by atoms with Crippen LogP contribution < -0.4 is 26.8 Å². The van der Waals surface area contributed by atoms with Crippen LogP contribution in [0.2, 0.25) is 0 Å². The van der Waals surface area contributed by atoms with Crippen molar-refractivity contribution in [1.82, 2.24) is 5.32 Å². The highest BCUT2D eigenvalue weighted by Gasteiger charge is 2.26. The Balaban J connectivity index is 1.90. The summed E-state index contributed by atoms with van der Waals surface area (Å²) >= 11 is 0. The zero-order valence-corrected chi connectivity index (χ0v) is 15.8. The van der Waals surface area contributed by atoms with Gasteiger partial charge in [-0.1, -0.05) is 13.0 Å². The number of para-hydroxylation sites is 1. The molecule has 1 heterocycles. The van der Waals surface area contributed by atoms with Gasteiger partial charge in [0.2, 0.25) is 0 Å². The van der Waals surface area contributed by atoms with Crippen LogP contribution in [0.5, 0.6) is 5.75 Å². The van der Waals surface area contributed by atoms with Crippen LogP contribution in [-0.4, -0.2) is 18.1 Å². The summed E-state index contributed by atoms with van der Waals surface area (Å²) in [6.45, 7) is 3.75. The van der Waals surface area contributed by atoms with Crippen molar-refractivity contribution in [3.05, 3.63) is 67.9 Å². The second kappa shape index (κ2) is 7.59. The molecule has 0 radical (unpaired) electrons. The van der Waals surface area contributed by atoms with E-state index in [0.29, 0.717) is 12.2 Å². The van der Waals surface area contributed by atoms with Crippen molar-refractivity contribution in [2.75, 3.05) is 17.7 Å². The summed E-state index contributed by atoms with van der Waals surface area (Å²) in [4.78, 5) is 36.0. The Hall–Kier alpha value is -3.55. The SMILES string of the molecule is CC[C@@H](Nc1c(Nc2cccc(C(=O)NC)c2O)c(=O)c1=O)c1ccc(C)o1. The van der Waals surface area contributed by atoms with Crippen molar-refractivity contribution in [3.8, 4) is 5.75 Å². The summed E-state index contributed by atoms with van der Waals surface area (Å²) in [6, 6.07) is 7.87. The van der Waals surface area contributed by atoms with Crippen LogP contribution in [-0.2, 0) is 0 Å². The Kier molecular flexibility index (Phi) is 5.21. The third-order valence-corrected chi connectivity index (χ3v) is 4.51. The van der Waals surface area contributed by atoms with E-state index in [1.165, 1.54) is 19.2 Å². The Labute approximate surface area is 160 Å². The Morgan fingerprint density at radius 1 is 1.14 bits per heavy atom. The molecule has 1 amide bonds. The number of phenols is 1. The molecule has 0 unspecified atom stereocenters. The van der Waals surface area contributed by atoms with Crippen LogP contribution in [0.25, 0.3) is 0 Å². The Morgan fingerprint density at radius 2 is 1.86 bits per heavy atom. The Morgan fingerprint density at radius 3 is 2.46 bits per heavy atom. The number of amides is 1. The summed E-state index contributed by atoms with van der Waals surface area (Å²) in [5, 5.41) is 18.6. The van der Waals surface area contributed by atoms with Gasteiger partial charge in [-0.2, -0.15) is 0 Å². The molecule has 28 heavy (non-hydrogen) atoms. The number of aryl methyl sites for hydroxylation is 1. The van der Waals surface area contributed by atoms with Gasteiger partial charge in [0.15, 0.2) is 5.75 Å². The molecule has 0 bridgehead atoms. The molecule has 8 heteroatoms. The zero-order valence-electron chi connectivity index (χ0n) is 15.8. The summed E-state index contributed by atoms with van der Waals surface area (Å²) in [5.74, 6) is 0.622. The number of hydrogen-bond acceptors (Lipinski definition) is 7. The quantitative estimate of drug-likeness (QED) is 0.365. The van der Waals surface area contributed by atoms with E-state index >= 15 is 0 Å². The maximum absolute atomic E-state index is 12.1. The highest BCUT2D eigenvalue weighted by molar-refractivity contribution is 5.99. The lowest BCUT2D eigenvalue weighted by molar-refractivity contribution is 0.0960. The van der Waals surface area contributed by atoms with Gasteiger partial charge < -0.3 is 25.5 Å². The summed E-state index contributed by atoms with van der Waals surface area (Å²) < 4.78 is 5.61. The standard InChI is InChI=1S/C20H21N3O5/c1-4-12(14-9-8-10(2)28-14)22-15-16(19(26)18(15)25)23-13-7-5-6-11(17(13)24)20(27)21-3/h5-9,12,22-24H,4H2,1-3H3,(H,21,27)/t12-/m1/s1. The van der Waals surface area contributed by atoms with E-state index in [1.54, 1.807) is 6.07 Å². The average molecular weight is 383 g/mol. The molecule has 3 aromatic rings. The number of rotatable bonds is 7. The number of hydrogen-bond donors (Lipinski definition) is 4. The molecule has 1 atom stereocenters. The number of furan rings is 1. The predicted octanol–water partition coefficient (Wildman–Crippen LogP) is 2.56. The van der Waals surface area contributed by atoms with E-state index in [2.05, 4.69) is 16.0 Å². The third kappa shape index (κ3) is 3.36. The maximum atomic E-state index is 12.1. The largest absolute Gasteiger partial charge is 0.505 e. The number of benzene rings is 1. The molecular formula is C20H21N3O5. The van der Waals surface area contributed by atoms with Crippen LogP contribution in [0.15, 0.2) is 44.3 Å². The monoisotopic (exact) mass is 383 g/mol. The van der Waals surface area contributed by atoms with Gasteiger partial charge >= 0.3 is 0 Å². The number of phenolic OH excluding ortho intramolecular Hbond substituents is 1. The van der Waals surface area contributed by atoms with Crippen molar-refractivity contribution in [3.63, 3.8) is 0 Å². The number of nitrogens with one attached hydrogen (secondary N) is 3. The molecule has 4 N–H and O–H groups in total. The minimum absolute atomic E-state index is 0.0380. The van der Waals surface area contributed by atoms with E-state index in [4.69, 9.17) is 4.42 Å². The van der Waals surface area contributed by atoms with Gasteiger partial charge in [-0.15, -0.1) is 0 Å². The first-order chi connectivity index (χ1) is 13.4. The predicted molar refractivity (Wildman–Crippen MR) is 106 cm³/mol.